The van der Waals surface area contributed by atoms with E-state index in [-0.39, 0.29) is 6.10 Å². The van der Waals surface area contributed by atoms with Gasteiger partial charge < -0.3 is 10.1 Å². The first-order valence-electron chi connectivity index (χ1n) is 6.62. The fraction of sp³-hybridized carbons (Fsp3) is 1.00. The third kappa shape index (κ3) is 7.18. The van der Waals surface area contributed by atoms with Crippen LogP contribution in [0.2, 0.25) is 0 Å². The molecule has 0 radical (unpaired) electrons. The van der Waals surface area contributed by atoms with E-state index in [1.165, 1.54) is 0 Å². The van der Waals surface area contributed by atoms with Crippen molar-refractivity contribution in [1.29, 1.82) is 0 Å². The molecule has 0 amide bonds. The van der Waals surface area contributed by atoms with Crippen LogP contribution in [0, 0.1) is 0 Å². The van der Waals surface area contributed by atoms with Crippen molar-refractivity contribution in [2.45, 2.75) is 38.5 Å². The first-order chi connectivity index (χ1) is 8.51. The Morgan fingerprint density at radius 1 is 1.39 bits per heavy atom. The zero-order valence-corrected chi connectivity index (χ0v) is 10.9. The summed E-state index contributed by atoms with van der Waals surface area (Å²) in [5.74, 6) is 0. The van der Waals surface area contributed by atoms with Crippen molar-refractivity contribution < 1.29 is 17.9 Å². The van der Waals surface area contributed by atoms with Crippen molar-refractivity contribution in [3.63, 3.8) is 0 Å². The summed E-state index contributed by atoms with van der Waals surface area (Å²) in [6, 6.07) is 0. The van der Waals surface area contributed by atoms with Gasteiger partial charge in [0.25, 0.3) is 0 Å². The van der Waals surface area contributed by atoms with E-state index >= 15 is 0 Å². The number of piperidine rings is 1. The molecule has 3 nitrogen and oxygen atoms in total. The number of alkyl halides is 3. The molecule has 6 heteroatoms. The van der Waals surface area contributed by atoms with Crippen LogP contribution >= 0.6 is 0 Å². The maximum absolute atomic E-state index is 11.9. The molecule has 1 rings (SSSR count). The second kappa shape index (κ2) is 7.96. The lowest BCUT2D eigenvalue weighted by Crippen LogP contribution is -2.43. The number of likely N-dealkylation sites (tertiary alicyclic amines) is 1. The lowest BCUT2D eigenvalue weighted by molar-refractivity contribution is -0.124. The van der Waals surface area contributed by atoms with E-state index in [9.17, 15) is 13.2 Å². The van der Waals surface area contributed by atoms with E-state index in [0.29, 0.717) is 13.1 Å². The predicted molar refractivity (Wildman–Crippen MR) is 64.6 cm³/mol. The minimum atomic E-state index is -4.12. The van der Waals surface area contributed by atoms with Gasteiger partial charge in [-0.15, -0.1) is 0 Å². The van der Waals surface area contributed by atoms with Gasteiger partial charge in [-0.2, -0.15) is 13.2 Å². The summed E-state index contributed by atoms with van der Waals surface area (Å²) in [4.78, 5) is 2.17. The second-order valence-electron chi connectivity index (χ2n) is 4.73. The molecule has 108 valence electrons. The number of hydrogen-bond donors (Lipinski definition) is 1. The van der Waals surface area contributed by atoms with Crippen molar-refractivity contribution in [1.82, 2.24) is 10.2 Å². The Morgan fingerprint density at radius 3 is 2.83 bits per heavy atom. The highest BCUT2D eigenvalue weighted by Crippen LogP contribution is 2.14. The largest absolute Gasteiger partial charge is 0.401 e. The average molecular weight is 268 g/mol. The van der Waals surface area contributed by atoms with Crippen molar-refractivity contribution in [3.8, 4) is 0 Å². The van der Waals surface area contributed by atoms with Crippen molar-refractivity contribution in [3.05, 3.63) is 0 Å². The van der Waals surface area contributed by atoms with Gasteiger partial charge in [-0.25, -0.2) is 0 Å². The van der Waals surface area contributed by atoms with E-state index < -0.39 is 12.7 Å². The van der Waals surface area contributed by atoms with Crippen molar-refractivity contribution in [2.24, 2.45) is 0 Å². The Bertz CT molecular complexity index is 224. The van der Waals surface area contributed by atoms with Crippen LogP contribution in [-0.4, -0.2) is 56.5 Å². The van der Waals surface area contributed by atoms with Gasteiger partial charge in [0, 0.05) is 26.2 Å². The quantitative estimate of drug-likeness (QED) is 0.715. The zero-order chi connectivity index (χ0) is 13.4. The molecule has 0 aliphatic carbocycles. The summed E-state index contributed by atoms with van der Waals surface area (Å²) < 4.78 is 41.5. The SMILES string of the molecule is CCCOC1CCCN(CCNCC(F)(F)F)C1. The van der Waals surface area contributed by atoms with Gasteiger partial charge >= 0.3 is 6.18 Å². The summed E-state index contributed by atoms with van der Waals surface area (Å²) in [7, 11) is 0. The normalized spacial score (nSPS) is 22.3. The zero-order valence-electron chi connectivity index (χ0n) is 10.9. The van der Waals surface area contributed by atoms with Crippen LogP contribution in [0.15, 0.2) is 0 Å². The lowest BCUT2D eigenvalue weighted by atomic mass is 10.1. The molecule has 18 heavy (non-hydrogen) atoms. The van der Waals surface area contributed by atoms with Crippen LogP contribution in [0.5, 0.6) is 0 Å². The summed E-state index contributed by atoms with van der Waals surface area (Å²) >= 11 is 0. The fourth-order valence-corrected chi connectivity index (χ4v) is 2.10. The Morgan fingerprint density at radius 2 is 2.17 bits per heavy atom. The molecular weight excluding hydrogens is 245 g/mol. The van der Waals surface area contributed by atoms with Crippen LogP contribution in [0.3, 0.4) is 0 Å². The first-order valence-corrected chi connectivity index (χ1v) is 6.62. The summed E-state index contributed by atoms with van der Waals surface area (Å²) in [5.41, 5.74) is 0. The predicted octanol–water partition coefficient (Wildman–Crippen LogP) is 2.03. The average Bonchev–Trinajstić information content (AvgIpc) is 2.31. The summed E-state index contributed by atoms with van der Waals surface area (Å²) in [6.45, 7) is 4.76. The molecule has 1 fully saturated rings. The molecule has 0 aromatic carbocycles. The standard InChI is InChI=1S/C12H23F3N2O/c1-2-8-18-11-4-3-6-17(9-11)7-5-16-10-12(13,14)15/h11,16H,2-10H2,1H3. The lowest BCUT2D eigenvalue weighted by Gasteiger charge is -2.32. The smallest absolute Gasteiger partial charge is 0.377 e. The highest BCUT2D eigenvalue weighted by molar-refractivity contribution is 4.74. The molecule has 0 aromatic rings. The minimum Gasteiger partial charge on any atom is -0.377 e. The fourth-order valence-electron chi connectivity index (χ4n) is 2.10. The molecule has 0 saturated carbocycles. The number of nitrogens with zero attached hydrogens (tertiary/aromatic N) is 1. The van der Waals surface area contributed by atoms with E-state index in [1.54, 1.807) is 0 Å². The minimum absolute atomic E-state index is 0.251. The maximum Gasteiger partial charge on any atom is 0.401 e. The number of hydrogen-bond acceptors (Lipinski definition) is 3. The Kier molecular flexibility index (Phi) is 6.96. The van der Waals surface area contributed by atoms with Crippen LogP contribution in [-0.2, 0) is 4.74 Å². The molecule has 1 aliphatic rings. The van der Waals surface area contributed by atoms with E-state index in [1.807, 2.05) is 0 Å². The van der Waals surface area contributed by atoms with E-state index in [4.69, 9.17) is 4.74 Å². The Labute approximate surface area is 107 Å². The molecule has 1 N–H and O–H groups in total. The van der Waals surface area contributed by atoms with Crippen molar-refractivity contribution in [2.75, 3.05) is 39.3 Å². The summed E-state index contributed by atoms with van der Waals surface area (Å²) in [5, 5.41) is 2.42. The van der Waals surface area contributed by atoms with Crippen LogP contribution < -0.4 is 5.32 Å². The maximum atomic E-state index is 11.9. The molecule has 0 aromatic heterocycles. The van der Waals surface area contributed by atoms with E-state index in [0.717, 1.165) is 39.0 Å². The van der Waals surface area contributed by atoms with Crippen LogP contribution in [0.25, 0.3) is 0 Å². The van der Waals surface area contributed by atoms with Gasteiger partial charge in [0.05, 0.1) is 12.6 Å². The first kappa shape index (κ1) is 15.7. The molecule has 0 bridgehead atoms. The number of nitrogens with one attached hydrogen (secondary N) is 1. The number of rotatable bonds is 7. The Hall–Kier alpha value is -0.330. The molecule has 1 heterocycles. The highest BCUT2D eigenvalue weighted by Gasteiger charge is 2.26. The molecule has 1 atom stereocenters. The third-order valence-electron chi connectivity index (χ3n) is 2.95. The Balaban J connectivity index is 2.10. The third-order valence-corrected chi connectivity index (χ3v) is 2.95. The molecule has 1 saturated heterocycles. The molecular formula is C12H23F3N2O. The van der Waals surface area contributed by atoms with Crippen LogP contribution in [0.1, 0.15) is 26.2 Å². The highest BCUT2D eigenvalue weighted by atomic mass is 19.4. The van der Waals surface area contributed by atoms with Gasteiger partial charge in [0.2, 0.25) is 0 Å². The van der Waals surface area contributed by atoms with Gasteiger partial charge in [-0.3, -0.25) is 4.90 Å². The number of halogens is 3. The van der Waals surface area contributed by atoms with E-state index in [2.05, 4.69) is 17.1 Å². The molecule has 1 unspecified atom stereocenters. The molecule has 1 aliphatic heterocycles. The van der Waals surface area contributed by atoms with Crippen molar-refractivity contribution >= 4 is 0 Å². The van der Waals surface area contributed by atoms with Crippen LogP contribution in [0.4, 0.5) is 13.2 Å². The van der Waals surface area contributed by atoms with Gasteiger partial charge in [-0.05, 0) is 25.8 Å². The topological polar surface area (TPSA) is 24.5 Å². The van der Waals surface area contributed by atoms with Gasteiger partial charge in [0.15, 0.2) is 0 Å². The second-order valence-corrected chi connectivity index (χ2v) is 4.73. The monoisotopic (exact) mass is 268 g/mol. The molecule has 0 spiro atoms. The summed E-state index contributed by atoms with van der Waals surface area (Å²) in [6.07, 6.45) is -0.736. The van der Waals surface area contributed by atoms with Gasteiger partial charge in [0.1, 0.15) is 0 Å². The van der Waals surface area contributed by atoms with Gasteiger partial charge in [-0.1, -0.05) is 6.92 Å². The number of ether oxygens (including phenoxy) is 1.